The molecule has 0 fully saturated rings. The summed E-state index contributed by atoms with van der Waals surface area (Å²) in [5.41, 5.74) is 0. The first-order chi connectivity index (χ1) is 2.27. The Hall–Kier alpha value is 0.354. The molecule has 0 aliphatic rings. The van der Waals surface area contributed by atoms with E-state index in [2.05, 4.69) is 24.4 Å². The summed E-state index contributed by atoms with van der Waals surface area (Å²) in [7, 11) is 5.38. The van der Waals surface area contributed by atoms with Gasteiger partial charge < -0.3 is 4.62 Å². The largest absolute Gasteiger partial charge is 0.318 e. The highest BCUT2D eigenvalue weighted by Crippen LogP contribution is 2.20. The summed E-state index contributed by atoms with van der Waals surface area (Å²) in [4.78, 5) is 0. The molecule has 0 aliphatic carbocycles. The molecular formula is CNPSi2. The molecule has 0 rings (SSSR count). The fourth-order valence-electron chi connectivity index (χ4n) is 0. The fourth-order valence-corrected chi connectivity index (χ4v) is 0. The Morgan fingerprint density at radius 3 is 1.80 bits per heavy atom. The van der Waals surface area contributed by atoms with Crippen molar-refractivity contribution in [3.8, 4) is 0 Å². The number of hydrogen-bond donors (Lipinski definition) is 0. The second kappa shape index (κ2) is 2.58. The lowest BCUT2D eigenvalue weighted by atomic mass is 11.9. The summed E-state index contributed by atoms with van der Waals surface area (Å²) >= 11 is 0. The highest BCUT2D eigenvalue weighted by molar-refractivity contribution is 8.02. The van der Waals surface area contributed by atoms with Crippen molar-refractivity contribution < 1.29 is 0 Å². The Kier molecular flexibility index (Phi) is 2.77. The molecule has 0 amide bonds. The lowest BCUT2D eigenvalue weighted by Gasteiger charge is -1.71. The van der Waals surface area contributed by atoms with E-state index in [4.69, 9.17) is 6.57 Å². The topological polar surface area (TPSA) is 4.36 Å². The van der Waals surface area contributed by atoms with Gasteiger partial charge in [-0.05, 0) is 0 Å². The van der Waals surface area contributed by atoms with Crippen molar-refractivity contribution in [2.24, 2.45) is 0 Å². The van der Waals surface area contributed by atoms with E-state index in [1.807, 2.05) is 0 Å². The van der Waals surface area contributed by atoms with E-state index in [1.165, 1.54) is 0 Å². The van der Waals surface area contributed by atoms with Crippen LogP contribution in [0.5, 0.6) is 0 Å². The average Bonchev–Trinajstić information content (AvgIpc) is 1.38. The molecule has 0 N–H and O–H groups in total. The maximum atomic E-state index is 6.21. The average molecular weight is 113 g/mol. The normalized spacial score (nSPS) is 7.60. The molecule has 0 aliphatic heterocycles. The van der Waals surface area contributed by atoms with Crippen LogP contribution in [0.15, 0.2) is 0 Å². The minimum Gasteiger partial charge on any atom is -0.318 e. The Labute approximate surface area is 38.9 Å². The summed E-state index contributed by atoms with van der Waals surface area (Å²) in [6.07, 6.45) is 0. The van der Waals surface area contributed by atoms with Crippen LogP contribution >= 0.6 is 7.17 Å². The van der Waals surface area contributed by atoms with Gasteiger partial charge in [0, 0.05) is 0 Å². The van der Waals surface area contributed by atoms with Crippen LogP contribution in [0.2, 0.25) is 0 Å². The molecule has 1 nitrogen and oxygen atoms in total. The highest BCUT2D eigenvalue weighted by atomic mass is 31.6. The quantitative estimate of drug-likeness (QED) is 0.244. The molecule has 5 heavy (non-hydrogen) atoms. The van der Waals surface area contributed by atoms with Crippen molar-refractivity contribution in [2.75, 3.05) is 0 Å². The Morgan fingerprint density at radius 1 is 1.60 bits per heavy atom. The fraction of sp³-hybridized carbons (Fsp3) is 0. The van der Waals surface area contributed by atoms with Crippen LogP contribution in [0.3, 0.4) is 0 Å². The Bertz CT molecular complexity index is 55.2. The maximum Gasteiger partial charge on any atom is 0.194 e. The number of nitrogens with zero attached hydrogens (tertiary/aromatic N) is 1. The lowest BCUT2D eigenvalue weighted by molar-refractivity contribution is 2.58. The third kappa shape index (κ3) is 4.35. The van der Waals surface area contributed by atoms with E-state index in [0.717, 1.165) is 0 Å². The van der Waals surface area contributed by atoms with E-state index in [1.54, 1.807) is 0 Å². The summed E-state index contributed by atoms with van der Waals surface area (Å²) in [6.45, 7) is 6.21. The lowest BCUT2D eigenvalue weighted by Crippen LogP contribution is -1.52. The van der Waals surface area contributed by atoms with Crippen LogP contribution in [0, 0.1) is 6.57 Å². The van der Waals surface area contributed by atoms with Crippen LogP contribution < -0.4 is 0 Å². The third-order valence-corrected chi connectivity index (χ3v) is 0.900. The van der Waals surface area contributed by atoms with Crippen LogP contribution in [0.1, 0.15) is 0 Å². The number of rotatable bonds is 0. The van der Waals surface area contributed by atoms with Crippen LogP contribution in [0.25, 0.3) is 4.62 Å². The van der Waals surface area contributed by atoms with E-state index in [0.29, 0.717) is 0 Å². The zero-order valence-electron chi connectivity index (χ0n) is 2.39. The van der Waals surface area contributed by atoms with Crippen molar-refractivity contribution in [3.05, 3.63) is 11.2 Å². The van der Waals surface area contributed by atoms with Crippen molar-refractivity contribution in [1.29, 1.82) is 0 Å². The first-order valence-electron chi connectivity index (χ1n) is 0.871. The van der Waals surface area contributed by atoms with Gasteiger partial charge in [-0.3, -0.25) is 0 Å². The molecule has 0 aromatic carbocycles. The van der Waals surface area contributed by atoms with E-state index >= 15 is 0 Å². The molecule has 22 valence electrons. The molecule has 0 aromatic heterocycles. The summed E-state index contributed by atoms with van der Waals surface area (Å²) < 4.78 is 3.03. The predicted molar refractivity (Wildman–Crippen MR) is 25.0 cm³/mol. The van der Waals surface area contributed by atoms with Gasteiger partial charge in [0.15, 0.2) is 27.0 Å². The minimum absolute atomic E-state index is 0.695. The second-order valence-electron chi connectivity index (χ2n) is 0.412. The smallest absolute Gasteiger partial charge is 0.194 e. The predicted octanol–water partition coefficient (Wildman–Crippen LogP) is 0.470. The van der Waals surface area contributed by atoms with Crippen LogP contribution in [-0.2, 0) is 0 Å². The summed E-state index contributed by atoms with van der Waals surface area (Å²) in [5, 5.41) is 0. The molecule has 0 saturated carbocycles. The summed E-state index contributed by atoms with van der Waals surface area (Å²) in [5.74, 6) is 0. The minimum atomic E-state index is -0.695. The summed E-state index contributed by atoms with van der Waals surface area (Å²) in [6, 6.07) is 0. The van der Waals surface area contributed by atoms with Crippen molar-refractivity contribution >= 4 is 27.0 Å². The first-order valence-corrected chi connectivity index (χ1v) is 4.85. The first kappa shape index (κ1) is 5.35. The molecule has 0 spiro atoms. The van der Waals surface area contributed by atoms with E-state index < -0.39 is 7.17 Å². The zero-order valence-corrected chi connectivity index (χ0v) is 5.29. The standard InChI is InChI=1S/CNPSi2/c1-2-3(4)5. The van der Waals surface area contributed by atoms with Crippen LogP contribution in [0.4, 0.5) is 0 Å². The zero-order chi connectivity index (χ0) is 4.28. The highest BCUT2D eigenvalue weighted by Gasteiger charge is 1.87. The molecule has 0 bridgehead atoms. The molecule has 0 saturated heterocycles. The van der Waals surface area contributed by atoms with Gasteiger partial charge in [0.05, 0.1) is 0 Å². The van der Waals surface area contributed by atoms with Gasteiger partial charge in [0.1, 0.15) is 0 Å². The molecule has 0 atom stereocenters. The molecule has 0 unspecified atom stereocenters. The number of hydrogen-bond acceptors (Lipinski definition) is 0. The van der Waals surface area contributed by atoms with Gasteiger partial charge in [-0.1, -0.05) is 0 Å². The molecule has 6 radical (unpaired) electrons. The third-order valence-electron chi connectivity index (χ3n) is 0.100. The monoisotopic (exact) mass is 113 g/mol. The second-order valence-corrected chi connectivity index (χ2v) is 5.12. The van der Waals surface area contributed by atoms with Gasteiger partial charge >= 0.3 is 0 Å². The molecule has 4 heteroatoms. The van der Waals surface area contributed by atoms with Gasteiger partial charge in [-0.25, -0.2) is 6.57 Å². The van der Waals surface area contributed by atoms with Gasteiger partial charge in [-0.2, -0.15) is 0 Å². The van der Waals surface area contributed by atoms with Gasteiger partial charge in [-0.15, -0.1) is 0 Å². The molecule has 0 heterocycles. The van der Waals surface area contributed by atoms with Crippen molar-refractivity contribution in [3.63, 3.8) is 0 Å². The SMILES string of the molecule is [C-]#[N+]P([Si])[Si]. The molecular weight excluding hydrogens is 113 g/mol. The van der Waals surface area contributed by atoms with E-state index in [-0.39, 0.29) is 0 Å². The molecule has 0 aromatic rings. The van der Waals surface area contributed by atoms with Crippen molar-refractivity contribution in [2.45, 2.75) is 0 Å². The van der Waals surface area contributed by atoms with Crippen molar-refractivity contribution in [1.82, 2.24) is 0 Å². The van der Waals surface area contributed by atoms with Gasteiger partial charge in [0.2, 0.25) is 0 Å². The van der Waals surface area contributed by atoms with Gasteiger partial charge in [0.25, 0.3) is 0 Å². The van der Waals surface area contributed by atoms with Crippen LogP contribution in [-0.4, -0.2) is 19.8 Å². The Balaban J connectivity index is 2.94. The maximum absolute atomic E-state index is 6.21. The Morgan fingerprint density at radius 2 is 1.80 bits per heavy atom. The van der Waals surface area contributed by atoms with E-state index in [9.17, 15) is 0 Å².